The third-order valence-corrected chi connectivity index (χ3v) is 6.57. The van der Waals surface area contributed by atoms with Gasteiger partial charge in [-0.3, -0.25) is 34.8 Å². The van der Waals surface area contributed by atoms with Crippen LogP contribution in [-0.4, -0.2) is 21.4 Å². The zero-order valence-corrected chi connectivity index (χ0v) is 17.3. The molecule has 1 atom stereocenters. The first kappa shape index (κ1) is 20.1. The maximum absolute atomic E-state index is 12.4. The second-order valence-corrected chi connectivity index (χ2v) is 8.72. The van der Waals surface area contributed by atoms with E-state index >= 15 is 0 Å². The number of aryl methyl sites for hydroxylation is 2. The number of benzene rings is 1. The van der Waals surface area contributed by atoms with E-state index in [-0.39, 0.29) is 18.9 Å². The molecule has 1 aromatic carbocycles. The molecule has 156 valence electrons. The molecular formula is C21H22N4O4S. The Kier molecular flexibility index (Phi) is 5.54. The minimum Gasteiger partial charge on any atom is -0.293 e. The fourth-order valence-corrected chi connectivity index (χ4v) is 4.85. The number of thiophene rings is 1. The summed E-state index contributed by atoms with van der Waals surface area (Å²) in [5, 5.41) is 0.377. The van der Waals surface area contributed by atoms with Crippen LogP contribution in [0, 0.1) is 5.92 Å². The van der Waals surface area contributed by atoms with Gasteiger partial charge in [-0.05, 0) is 48.9 Å². The van der Waals surface area contributed by atoms with Crippen molar-refractivity contribution in [2.45, 2.75) is 39.2 Å². The van der Waals surface area contributed by atoms with Gasteiger partial charge in [0.15, 0.2) is 0 Å². The second-order valence-electron chi connectivity index (χ2n) is 7.59. The molecule has 1 unspecified atom stereocenters. The molecule has 4 rings (SSSR count). The molecule has 0 saturated heterocycles. The lowest BCUT2D eigenvalue weighted by Crippen LogP contribution is -2.42. The van der Waals surface area contributed by atoms with Gasteiger partial charge in [0, 0.05) is 17.8 Å². The van der Waals surface area contributed by atoms with Gasteiger partial charge in [0.25, 0.3) is 11.5 Å². The number of carbonyl (C=O) groups excluding carboxylic acids is 2. The van der Waals surface area contributed by atoms with Gasteiger partial charge in [0.05, 0.1) is 15.8 Å². The molecule has 0 radical (unpaired) electrons. The number of hydrogen-bond acceptors (Lipinski definition) is 5. The Balaban J connectivity index is 1.37. The fraction of sp³-hybridized carbons (Fsp3) is 0.333. The summed E-state index contributed by atoms with van der Waals surface area (Å²) in [5.41, 5.74) is 5.49. The highest BCUT2D eigenvalue weighted by atomic mass is 32.1. The Hall–Kier alpha value is -3.20. The van der Waals surface area contributed by atoms with E-state index in [9.17, 15) is 19.2 Å². The smallest absolute Gasteiger partial charge is 0.293 e. The van der Waals surface area contributed by atoms with Gasteiger partial charge in [-0.25, -0.2) is 4.79 Å². The van der Waals surface area contributed by atoms with Crippen LogP contribution in [0.15, 0.2) is 39.9 Å². The summed E-state index contributed by atoms with van der Waals surface area (Å²) in [4.78, 5) is 52.7. The minimum absolute atomic E-state index is 0.0331. The molecule has 0 fully saturated rings. The SMILES string of the molecule is CC1CCc2sc(C(=O)NNC(=O)CCn3c(=O)[nH]c(=O)c4ccccc43)cc2C1. The molecule has 0 spiro atoms. The number of aromatic nitrogens is 2. The lowest BCUT2D eigenvalue weighted by Gasteiger charge is -2.16. The molecule has 9 heteroatoms. The van der Waals surface area contributed by atoms with E-state index in [1.54, 1.807) is 24.3 Å². The number of nitrogens with zero attached hydrogens (tertiary/aromatic N) is 1. The van der Waals surface area contributed by atoms with E-state index in [1.165, 1.54) is 26.3 Å². The van der Waals surface area contributed by atoms with Crippen LogP contribution in [0.2, 0.25) is 0 Å². The number of H-pyrrole nitrogens is 1. The largest absolute Gasteiger partial charge is 0.328 e. The van der Waals surface area contributed by atoms with Crippen molar-refractivity contribution in [3.63, 3.8) is 0 Å². The number of amides is 2. The number of hydrazine groups is 1. The van der Waals surface area contributed by atoms with E-state index in [0.29, 0.717) is 21.7 Å². The summed E-state index contributed by atoms with van der Waals surface area (Å²) in [5.74, 6) is -0.155. The zero-order chi connectivity index (χ0) is 21.3. The molecule has 0 aliphatic heterocycles. The Labute approximate surface area is 175 Å². The summed E-state index contributed by atoms with van der Waals surface area (Å²) in [6.07, 6.45) is 3.06. The van der Waals surface area contributed by atoms with Crippen molar-refractivity contribution >= 4 is 34.1 Å². The lowest BCUT2D eigenvalue weighted by molar-refractivity contribution is -0.122. The molecule has 8 nitrogen and oxygen atoms in total. The van der Waals surface area contributed by atoms with Crippen molar-refractivity contribution in [1.29, 1.82) is 0 Å². The normalized spacial score (nSPS) is 15.6. The van der Waals surface area contributed by atoms with E-state index in [1.807, 2.05) is 6.07 Å². The number of aromatic amines is 1. The number of rotatable bonds is 4. The van der Waals surface area contributed by atoms with Crippen LogP contribution in [0.3, 0.4) is 0 Å². The molecule has 2 amide bonds. The number of nitrogens with one attached hydrogen (secondary N) is 3. The van der Waals surface area contributed by atoms with Crippen LogP contribution in [0.5, 0.6) is 0 Å². The molecule has 0 saturated carbocycles. The number of fused-ring (bicyclic) bond motifs is 2. The van der Waals surface area contributed by atoms with E-state index in [2.05, 4.69) is 22.8 Å². The van der Waals surface area contributed by atoms with Gasteiger partial charge >= 0.3 is 5.69 Å². The number of para-hydroxylation sites is 1. The van der Waals surface area contributed by atoms with Crippen molar-refractivity contribution in [2.24, 2.45) is 5.92 Å². The van der Waals surface area contributed by atoms with Crippen LogP contribution >= 0.6 is 11.3 Å². The third kappa shape index (κ3) is 4.06. The van der Waals surface area contributed by atoms with Gasteiger partial charge in [0.2, 0.25) is 5.91 Å². The van der Waals surface area contributed by atoms with E-state index in [4.69, 9.17) is 0 Å². The highest BCUT2D eigenvalue weighted by molar-refractivity contribution is 7.14. The molecule has 1 aliphatic carbocycles. The maximum atomic E-state index is 12.4. The Bertz CT molecular complexity index is 1240. The number of hydrogen-bond donors (Lipinski definition) is 3. The molecule has 3 aromatic rings. The molecular weight excluding hydrogens is 404 g/mol. The van der Waals surface area contributed by atoms with Gasteiger partial charge < -0.3 is 0 Å². The Morgan fingerprint density at radius 3 is 2.87 bits per heavy atom. The molecule has 2 heterocycles. The van der Waals surface area contributed by atoms with Crippen molar-refractivity contribution in [3.8, 4) is 0 Å². The minimum atomic E-state index is -0.575. The Morgan fingerprint density at radius 1 is 1.23 bits per heavy atom. The van der Waals surface area contributed by atoms with Crippen LogP contribution in [0.1, 0.15) is 39.9 Å². The molecule has 0 bridgehead atoms. The standard InChI is InChI=1S/C21H22N4O4S/c1-12-6-7-16-13(10-12)11-17(30-16)20(28)24-23-18(26)8-9-25-15-5-3-2-4-14(15)19(27)22-21(25)29/h2-5,11-12H,6-10H2,1H3,(H,23,26)(H,24,28)(H,22,27,29). The van der Waals surface area contributed by atoms with Crippen LogP contribution in [0.4, 0.5) is 0 Å². The molecule has 1 aliphatic rings. The number of carbonyl (C=O) groups is 2. The highest BCUT2D eigenvalue weighted by Crippen LogP contribution is 2.32. The van der Waals surface area contributed by atoms with Gasteiger partial charge in [-0.15, -0.1) is 11.3 Å². The van der Waals surface area contributed by atoms with Crippen LogP contribution in [0.25, 0.3) is 10.9 Å². The monoisotopic (exact) mass is 426 g/mol. The van der Waals surface area contributed by atoms with Crippen molar-refractivity contribution < 1.29 is 9.59 Å². The average Bonchev–Trinajstić information content (AvgIpc) is 3.15. The zero-order valence-electron chi connectivity index (χ0n) is 16.5. The van der Waals surface area contributed by atoms with Gasteiger partial charge in [0.1, 0.15) is 0 Å². The summed E-state index contributed by atoms with van der Waals surface area (Å²) in [6.45, 7) is 2.28. The second kappa shape index (κ2) is 8.27. The van der Waals surface area contributed by atoms with E-state index in [0.717, 1.165) is 19.3 Å². The predicted octanol–water partition coefficient (Wildman–Crippen LogP) is 1.73. The quantitative estimate of drug-likeness (QED) is 0.552. The lowest BCUT2D eigenvalue weighted by atomic mass is 9.90. The van der Waals surface area contributed by atoms with Crippen molar-refractivity contribution in [1.82, 2.24) is 20.4 Å². The first-order valence-electron chi connectivity index (χ1n) is 9.85. The van der Waals surface area contributed by atoms with Gasteiger partial charge in [-0.2, -0.15) is 0 Å². The van der Waals surface area contributed by atoms with Crippen LogP contribution in [-0.2, 0) is 24.2 Å². The first-order valence-corrected chi connectivity index (χ1v) is 10.7. The van der Waals surface area contributed by atoms with Crippen molar-refractivity contribution in [3.05, 3.63) is 66.5 Å². The van der Waals surface area contributed by atoms with Crippen molar-refractivity contribution in [2.75, 3.05) is 0 Å². The summed E-state index contributed by atoms with van der Waals surface area (Å²) < 4.78 is 1.34. The molecule has 2 aromatic heterocycles. The molecule has 30 heavy (non-hydrogen) atoms. The Morgan fingerprint density at radius 2 is 2.03 bits per heavy atom. The topological polar surface area (TPSA) is 113 Å². The van der Waals surface area contributed by atoms with Gasteiger partial charge in [-0.1, -0.05) is 19.1 Å². The molecule has 3 N–H and O–H groups in total. The average molecular weight is 426 g/mol. The third-order valence-electron chi connectivity index (χ3n) is 5.34. The maximum Gasteiger partial charge on any atom is 0.328 e. The predicted molar refractivity (Wildman–Crippen MR) is 115 cm³/mol. The summed E-state index contributed by atoms with van der Waals surface area (Å²) in [6, 6.07) is 8.61. The van der Waals surface area contributed by atoms with Crippen LogP contribution < -0.4 is 22.1 Å². The fourth-order valence-electron chi connectivity index (χ4n) is 3.75. The summed E-state index contributed by atoms with van der Waals surface area (Å²) >= 11 is 1.47. The highest BCUT2D eigenvalue weighted by Gasteiger charge is 2.21. The first-order chi connectivity index (χ1) is 14.4. The summed E-state index contributed by atoms with van der Waals surface area (Å²) in [7, 11) is 0. The van der Waals surface area contributed by atoms with E-state index < -0.39 is 17.2 Å².